The summed E-state index contributed by atoms with van der Waals surface area (Å²) in [7, 11) is 0. The lowest BCUT2D eigenvalue weighted by atomic mass is 9.96. The summed E-state index contributed by atoms with van der Waals surface area (Å²) < 4.78 is 5.14. The molecule has 2 rings (SSSR count). The van der Waals surface area contributed by atoms with Crippen molar-refractivity contribution in [3.63, 3.8) is 0 Å². The van der Waals surface area contributed by atoms with Crippen LogP contribution in [0.2, 0.25) is 0 Å². The molecule has 0 aromatic carbocycles. The van der Waals surface area contributed by atoms with Crippen LogP contribution in [0.3, 0.4) is 0 Å². The van der Waals surface area contributed by atoms with Gasteiger partial charge in [0.2, 0.25) is 0 Å². The van der Waals surface area contributed by atoms with E-state index in [2.05, 4.69) is 12.2 Å². The number of cyclic esters (lactones) is 1. The standard InChI is InChI=1S/C9H10O2S/c10-9-11-8(6-12-9)7-4-2-1-3-5-7/h1-4,7-8H,5-6H2. The van der Waals surface area contributed by atoms with Gasteiger partial charge in [0.15, 0.2) is 0 Å². The minimum Gasteiger partial charge on any atom is -0.453 e. The van der Waals surface area contributed by atoms with E-state index in [0.29, 0.717) is 5.92 Å². The van der Waals surface area contributed by atoms with Gasteiger partial charge in [-0.3, -0.25) is 0 Å². The fourth-order valence-corrected chi connectivity index (χ4v) is 2.24. The summed E-state index contributed by atoms with van der Waals surface area (Å²) in [6.45, 7) is 0. The Morgan fingerprint density at radius 3 is 3.00 bits per heavy atom. The van der Waals surface area contributed by atoms with Gasteiger partial charge in [0.05, 0.1) is 0 Å². The number of carbonyl (C=O) groups is 1. The molecule has 64 valence electrons. The highest BCUT2D eigenvalue weighted by molar-refractivity contribution is 8.13. The van der Waals surface area contributed by atoms with Crippen molar-refractivity contribution in [2.45, 2.75) is 12.5 Å². The molecule has 2 unspecified atom stereocenters. The van der Waals surface area contributed by atoms with Crippen molar-refractivity contribution < 1.29 is 9.53 Å². The lowest BCUT2D eigenvalue weighted by molar-refractivity contribution is 0.120. The van der Waals surface area contributed by atoms with Crippen molar-refractivity contribution in [1.82, 2.24) is 0 Å². The molecule has 2 aliphatic rings. The molecule has 0 bridgehead atoms. The molecular formula is C9H10O2S. The van der Waals surface area contributed by atoms with E-state index in [-0.39, 0.29) is 11.4 Å². The van der Waals surface area contributed by atoms with Crippen molar-refractivity contribution >= 4 is 17.1 Å². The smallest absolute Gasteiger partial charge is 0.367 e. The molecule has 1 aliphatic heterocycles. The number of thioether (sulfide) groups is 1. The Labute approximate surface area is 75.7 Å². The third-order valence-corrected chi connectivity index (χ3v) is 2.93. The maximum absolute atomic E-state index is 10.8. The van der Waals surface area contributed by atoms with Gasteiger partial charge < -0.3 is 4.74 Å². The Morgan fingerprint density at radius 2 is 2.42 bits per heavy atom. The highest BCUT2D eigenvalue weighted by atomic mass is 32.2. The number of allylic oxidation sites excluding steroid dienone is 3. The highest BCUT2D eigenvalue weighted by Gasteiger charge is 2.29. The largest absolute Gasteiger partial charge is 0.453 e. The van der Waals surface area contributed by atoms with Gasteiger partial charge >= 0.3 is 5.30 Å². The van der Waals surface area contributed by atoms with Crippen LogP contribution in [0.4, 0.5) is 4.79 Å². The Balaban J connectivity index is 1.97. The average molecular weight is 182 g/mol. The van der Waals surface area contributed by atoms with E-state index in [1.807, 2.05) is 12.2 Å². The molecule has 1 saturated heterocycles. The normalized spacial score (nSPS) is 33.8. The van der Waals surface area contributed by atoms with E-state index in [1.54, 1.807) is 0 Å². The number of rotatable bonds is 1. The molecule has 1 fully saturated rings. The van der Waals surface area contributed by atoms with E-state index in [4.69, 9.17) is 4.74 Å². The van der Waals surface area contributed by atoms with Crippen LogP contribution in [0.25, 0.3) is 0 Å². The van der Waals surface area contributed by atoms with Gasteiger partial charge in [-0.05, 0) is 18.2 Å². The average Bonchev–Trinajstić information content (AvgIpc) is 2.54. The molecule has 0 aromatic heterocycles. The van der Waals surface area contributed by atoms with Gasteiger partial charge in [-0.2, -0.15) is 0 Å². The summed E-state index contributed by atoms with van der Waals surface area (Å²) >= 11 is 1.28. The van der Waals surface area contributed by atoms with Crippen molar-refractivity contribution in [3.8, 4) is 0 Å². The summed E-state index contributed by atoms with van der Waals surface area (Å²) in [4.78, 5) is 10.8. The second-order valence-electron chi connectivity index (χ2n) is 2.93. The van der Waals surface area contributed by atoms with Gasteiger partial charge in [-0.25, -0.2) is 4.79 Å². The van der Waals surface area contributed by atoms with Crippen LogP contribution in [0.5, 0.6) is 0 Å². The molecule has 2 atom stereocenters. The summed E-state index contributed by atoms with van der Waals surface area (Å²) in [6.07, 6.45) is 9.37. The number of hydrogen-bond donors (Lipinski definition) is 0. The monoisotopic (exact) mass is 182 g/mol. The lowest BCUT2D eigenvalue weighted by Gasteiger charge is -2.18. The Bertz CT molecular complexity index is 245. The zero-order valence-electron chi connectivity index (χ0n) is 6.60. The first-order valence-corrected chi connectivity index (χ1v) is 5.01. The van der Waals surface area contributed by atoms with Crippen LogP contribution in [0.1, 0.15) is 6.42 Å². The van der Waals surface area contributed by atoms with Crippen LogP contribution in [0, 0.1) is 5.92 Å². The van der Waals surface area contributed by atoms with Crippen LogP contribution in [0.15, 0.2) is 24.3 Å². The molecule has 0 saturated carbocycles. The zero-order valence-corrected chi connectivity index (χ0v) is 7.42. The first-order valence-electron chi connectivity index (χ1n) is 4.03. The van der Waals surface area contributed by atoms with E-state index in [1.165, 1.54) is 11.8 Å². The predicted molar refractivity (Wildman–Crippen MR) is 49.1 cm³/mol. The Morgan fingerprint density at radius 1 is 1.50 bits per heavy atom. The highest BCUT2D eigenvalue weighted by Crippen LogP contribution is 2.28. The zero-order chi connectivity index (χ0) is 8.39. The van der Waals surface area contributed by atoms with E-state index in [0.717, 1.165) is 12.2 Å². The summed E-state index contributed by atoms with van der Waals surface area (Å²) in [5, 5.41) is -0.122. The van der Waals surface area contributed by atoms with E-state index in [9.17, 15) is 4.79 Å². The Kier molecular flexibility index (Phi) is 2.21. The number of ether oxygens (including phenoxy) is 1. The van der Waals surface area contributed by atoms with Gasteiger partial charge in [-0.1, -0.05) is 24.3 Å². The predicted octanol–water partition coefficient (Wildman–Crippen LogP) is 2.37. The summed E-state index contributed by atoms with van der Waals surface area (Å²) in [6, 6.07) is 0. The molecule has 12 heavy (non-hydrogen) atoms. The fourth-order valence-electron chi connectivity index (χ4n) is 1.43. The third kappa shape index (κ3) is 1.55. The van der Waals surface area contributed by atoms with Crippen molar-refractivity contribution in [1.29, 1.82) is 0 Å². The third-order valence-electron chi connectivity index (χ3n) is 2.10. The molecule has 2 nitrogen and oxygen atoms in total. The maximum Gasteiger partial charge on any atom is 0.367 e. The maximum atomic E-state index is 10.8. The molecule has 1 aliphatic carbocycles. The molecular weight excluding hydrogens is 172 g/mol. The van der Waals surface area contributed by atoms with E-state index < -0.39 is 0 Å². The first-order chi connectivity index (χ1) is 5.86. The van der Waals surface area contributed by atoms with Crippen LogP contribution in [-0.2, 0) is 4.74 Å². The van der Waals surface area contributed by atoms with Gasteiger partial charge in [0.25, 0.3) is 0 Å². The SMILES string of the molecule is O=C1OC(C2C=CC=CC2)CS1. The Hall–Kier alpha value is -0.700. The molecule has 3 heteroatoms. The number of carbonyl (C=O) groups excluding carboxylic acids is 1. The summed E-state index contributed by atoms with van der Waals surface area (Å²) in [5.41, 5.74) is 0. The number of hydrogen-bond acceptors (Lipinski definition) is 3. The minimum absolute atomic E-state index is 0.101. The fraction of sp³-hybridized carbons (Fsp3) is 0.444. The van der Waals surface area contributed by atoms with Crippen LogP contribution in [-0.4, -0.2) is 17.2 Å². The molecule has 0 radical (unpaired) electrons. The molecule has 1 heterocycles. The van der Waals surface area contributed by atoms with Gasteiger partial charge in [-0.15, -0.1) is 0 Å². The molecule has 0 N–H and O–H groups in total. The van der Waals surface area contributed by atoms with Crippen molar-refractivity contribution in [3.05, 3.63) is 24.3 Å². The second-order valence-corrected chi connectivity index (χ2v) is 3.89. The van der Waals surface area contributed by atoms with Crippen LogP contribution < -0.4 is 0 Å². The van der Waals surface area contributed by atoms with E-state index >= 15 is 0 Å². The topological polar surface area (TPSA) is 26.3 Å². The lowest BCUT2D eigenvalue weighted by Crippen LogP contribution is -2.21. The molecule has 0 amide bonds. The molecule has 0 aromatic rings. The minimum atomic E-state index is -0.122. The summed E-state index contributed by atoms with van der Waals surface area (Å²) in [5.74, 6) is 1.20. The van der Waals surface area contributed by atoms with Gasteiger partial charge in [0.1, 0.15) is 6.10 Å². The first kappa shape index (κ1) is 7.92. The second kappa shape index (κ2) is 3.35. The van der Waals surface area contributed by atoms with Crippen molar-refractivity contribution in [2.24, 2.45) is 5.92 Å². The van der Waals surface area contributed by atoms with Crippen LogP contribution >= 0.6 is 11.8 Å². The molecule has 0 spiro atoms. The van der Waals surface area contributed by atoms with Crippen molar-refractivity contribution in [2.75, 3.05) is 5.75 Å². The van der Waals surface area contributed by atoms with Gasteiger partial charge in [0, 0.05) is 11.7 Å². The quantitative estimate of drug-likeness (QED) is 0.582.